The molecule has 0 aromatic carbocycles. The summed E-state index contributed by atoms with van der Waals surface area (Å²) in [7, 11) is 0. The van der Waals surface area contributed by atoms with Gasteiger partial charge in [-0.05, 0) is 32.1 Å². The minimum Gasteiger partial charge on any atom is -0.481 e. The van der Waals surface area contributed by atoms with Gasteiger partial charge in [-0.2, -0.15) is 0 Å². The second-order valence-electron chi connectivity index (χ2n) is 10.2. The maximum Gasteiger partial charge on any atom is 0.310 e. The van der Waals surface area contributed by atoms with Crippen LogP contribution in [-0.4, -0.2) is 86.1 Å². The molecule has 3 heterocycles. The van der Waals surface area contributed by atoms with E-state index in [1.165, 1.54) is 0 Å². The lowest BCUT2D eigenvalue weighted by Crippen LogP contribution is -2.58. The highest BCUT2D eigenvalue weighted by Crippen LogP contribution is 2.60. The smallest absolute Gasteiger partial charge is 0.310 e. The third-order valence-electron chi connectivity index (χ3n) is 8.24. The van der Waals surface area contributed by atoms with Crippen molar-refractivity contribution >= 4 is 33.7 Å². The standard InChI is InChI=1S/C25H37BrN2O6/c1-2-12-27(16-10-6-5-7-11-16)23(31)21-25-15-17(26)20(34-25)18(24(32)33)19(25)22(30)28(21)13-8-3-4-9-14-29/h2,16-21,29H,1,3-15H2,(H,32,33)/t17?,18-,19+,20-,21-,25+/m1/s1. The monoisotopic (exact) mass is 540 g/mol. The van der Waals surface area contributed by atoms with Gasteiger partial charge < -0.3 is 24.7 Å². The Labute approximate surface area is 209 Å². The molecular weight excluding hydrogens is 504 g/mol. The van der Waals surface area contributed by atoms with Gasteiger partial charge in [-0.3, -0.25) is 14.4 Å². The van der Waals surface area contributed by atoms with Crippen molar-refractivity contribution in [2.24, 2.45) is 11.8 Å². The van der Waals surface area contributed by atoms with Crippen molar-refractivity contribution in [1.82, 2.24) is 9.80 Å². The summed E-state index contributed by atoms with van der Waals surface area (Å²) in [5, 5.41) is 19.0. The van der Waals surface area contributed by atoms with Gasteiger partial charge in [0.05, 0.1) is 17.9 Å². The molecule has 9 heteroatoms. The number of aliphatic carboxylic acids is 1. The quantitative estimate of drug-likeness (QED) is 0.237. The molecular formula is C25H37BrN2O6. The van der Waals surface area contributed by atoms with E-state index in [1.807, 2.05) is 4.90 Å². The fourth-order valence-electron chi connectivity index (χ4n) is 6.79. The second kappa shape index (κ2) is 10.7. The topological polar surface area (TPSA) is 107 Å². The number of aliphatic hydroxyl groups excluding tert-OH is 1. The predicted octanol–water partition coefficient (Wildman–Crippen LogP) is 2.72. The number of ether oxygens (including phenoxy) is 1. The molecule has 6 atom stereocenters. The van der Waals surface area contributed by atoms with Gasteiger partial charge in [0, 0.05) is 30.6 Å². The third-order valence-corrected chi connectivity index (χ3v) is 9.08. The first-order chi connectivity index (χ1) is 16.4. The zero-order valence-electron chi connectivity index (χ0n) is 19.7. The van der Waals surface area contributed by atoms with Gasteiger partial charge in [0.15, 0.2) is 0 Å². The second-order valence-corrected chi connectivity index (χ2v) is 11.4. The van der Waals surface area contributed by atoms with E-state index < -0.39 is 35.6 Å². The Bertz CT molecular complexity index is 802. The van der Waals surface area contributed by atoms with Gasteiger partial charge in [0.1, 0.15) is 11.6 Å². The molecule has 2 N–H and O–H groups in total. The number of unbranched alkanes of at least 4 members (excludes halogenated alkanes) is 3. The van der Waals surface area contributed by atoms with Crippen LogP contribution in [0.5, 0.6) is 0 Å². The molecule has 0 aromatic rings. The van der Waals surface area contributed by atoms with Crippen LogP contribution in [0.3, 0.4) is 0 Å². The predicted molar refractivity (Wildman–Crippen MR) is 129 cm³/mol. The van der Waals surface area contributed by atoms with Crippen LogP contribution in [0.4, 0.5) is 0 Å². The van der Waals surface area contributed by atoms with Crippen LogP contribution >= 0.6 is 15.9 Å². The van der Waals surface area contributed by atoms with Gasteiger partial charge in [0.2, 0.25) is 11.8 Å². The van der Waals surface area contributed by atoms with Crippen LogP contribution in [0.2, 0.25) is 0 Å². The number of halogens is 1. The minimum atomic E-state index is -1.12. The molecule has 2 amide bonds. The zero-order valence-corrected chi connectivity index (χ0v) is 21.3. The molecule has 34 heavy (non-hydrogen) atoms. The van der Waals surface area contributed by atoms with Crippen molar-refractivity contribution in [3.63, 3.8) is 0 Å². The number of rotatable bonds is 11. The van der Waals surface area contributed by atoms with Crippen LogP contribution < -0.4 is 0 Å². The van der Waals surface area contributed by atoms with Gasteiger partial charge >= 0.3 is 5.97 Å². The van der Waals surface area contributed by atoms with Crippen molar-refractivity contribution in [3.8, 4) is 0 Å². The summed E-state index contributed by atoms with van der Waals surface area (Å²) in [4.78, 5) is 43.5. The fourth-order valence-corrected chi connectivity index (χ4v) is 7.73. The normalized spacial score (nSPS) is 34.9. The van der Waals surface area contributed by atoms with Gasteiger partial charge in [0.25, 0.3) is 0 Å². The molecule has 3 aliphatic heterocycles. The van der Waals surface area contributed by atoms with Crippen molar-refractivity contribution < 1.29 is 29.3 Å². The molecule has 4 aliphatic rings. The number of fused-ring (bicyclic) bond motifs is 1. The van der Waals surface area contributed by atoms with E-state index in [4.69, 9.17) is 9.84 Å². The number of carbonyl (C=O) groups is 3. The average Bonchev–Trinajstić information content (AvgIpc) is 3.41. The zero-order chi connectivity index (χ0) is 24.5. The lowest BCUT2D eigenvalue weighted by molar-refractivity contribution is -0.151. The molecule has 0 aromatic heterocycles. The number of hydrogen-bond donors (Lipinski definition) is 2. The van der Waals surface area contributed by atoms with Gasteiger partial charge in [-0.1, -0.05) is 54.1 Å². The molecule has 3 saturated heterocycles. The van der Waals surface area contributed by atoms with E-state index in [9.17, 15) is 19.5 Å². The van der Waals surface area contributed by atoms with Crippen LogP contribution in [0.25, 0.3) is 0 Å². The van der Waals surface area contributed by atoms with Gasteiger partial charge in [-0.15, -0.1) is 6.58 Å². The van der Waals surface area contributed by atoms with E-state index in [-0.39, 0.29) is 29.3 Å². The van der Waals surface area contributed by atoms with Crippen LogP contribution in [0.1, 0.15) is 64.2 Å². The summed E-state index contributed by atoms with van der Waals surface area (Å²) in [6, 6.07) is -0.719. The van der Waals surface area contributed by atoms with Crippen LogP contribution in [0, 0.1) is 11.8 Å². The lowest BCUT2D eigenvalue weighted by atomic mass is 9.70. The molecule has 4 rings (SSSR count). The fraction of sp³-hybridized carbons (Fsp3) is 0.800. The number of likely N-dealkylation sites (tertiary alicyclic amines) is 1. The third kappa shape index (κ3) is 4.32. The number of carbonyl (C=O) groups excluding carboxylic acids is 2. The number of hydrogen-bond acceptors (Lipinski definition) is 5. The summed E-state index contributed by atoms with van der Waals surface area (Å²) < 4.78 is 6.37. The highest BCUT2D eigenvalue weighted by molar-refractivity contribution is 9.09. The number of aliphatic hydroxyl groups is 1. The van der Waals surface area contributed by atoms with E-state index in [2.05, 4.69) is 22.5 Å². The number of alkyl halides is 1. The summed E-state index contributed by atoms with van der Waals surface area (Å²) in [5.41, 5.74) is -1.12. The molecule has 8 nitrogen and oxygen atoms in total. The summed E-state index contributed by atoms with van der Waals surface area (Å²) in [5.74, 6) is -3.24. The molecule has 0 radical (unpaired) electrons. The highest BCUT2D eigenvalue weighted by Gasteiger charge is 2.76. The maximum absolute atomic E-state index is 14.2. The van der Waals surface area contributed by atoms with E-state index in [1.54, 1.807) is 11.0 Å². The SMILES string of the molecule is C=CCN(C(=O)[C@H]1N(CCCCCCO)C(=O)[C@@H]2[C@@H](C(=O)O)[C@@H]3O[C@@]21CC3Br)C1CCCCC1. The van der Waals surface area contributed by atoms with E-state index in [0.29, 0.717) is 32.4 Å². The van der Waals surface area contributed by atoms with E-state index >= 15 is 0 Å². The first-order valence-corrected chi connectivity index (χ1v) is 13.7. The maximum atomic E-state index is 14.2. The average molecular weight is 541 g/mol. The molecule has 2 bridgehead atoms. The Kier molecular flexibility index (Phi) is 8.04. The summed E-state index contributed by atoms with van der Waals surface area (Å²) in [6.45, 7) is 4.79. The largest absolute Gasteiger partial charge is 0.481 e. The Hall–Kier alpha value is -1.45. The Morgan fingerprint density at radius 1 is 1.21 bits per heavy atom. The number of nitrogens with zero attached hydrogens (tertiary/aromatic N) is 2. The lowest BCUT2D eigenvalue weighted by Gasteiger charge is -2.41. The van der Waals surface area contributed by atoms with Gasteiger partial charge in [-0.25, -0.2) is 0 Å². The number of carboxylic acid groups (broad SMARTS) is 1. The van der Waals surface area contributed by atoms with Crippen LogP contribution in [-0.2, 0) is 19.1 Å². The molecule has 1 unspecified atom stereocenters. The molecule has 4 fully saturated rings. The van der Waals surface area contributed by atoms with Crippen molar-refractivity contribution in [2.45, 2.75) is 92.8 Å². The summed E-state index contributed by atoms with van der Waals surface area (Å²) in [6.07, 6.45) is 9.80. The van der Waals surface area contributed by atoms with Crippen molar-refractivity contribution in [2.75, 3.05) is 19.7 Å². The Morgan fingerprint density at radius 2 is 1.91 bits per heavy atom. The minimum absolute atomic E-state index is 0.102. The molecule has 1 spiro atoms. The van der Waals surface area contributed by atoms with Crippen molar-refractivity contribution in [3.05, 3.63) is 12.7 Å². The molecule has 1 aliphatic carbocycles. The molecule has 190 valence electrons. The highest BCUT2D eigenvalue weighted by atomic mass is 79.9. The number of amides is 2. The Balaban J connectivity index is 1.66. The Morgan fingerprint density at radius 3 is 2.56 bits per heavy atom. The molecule has 1 saturated carbocycles. The first-order valence-electron chi connectivity index (χ1n) is 12.7. The van der Waals surface area contributed by atoms with Crippen LogP contribution in [0.15, 0.2) is 12.7 Å². The number of carboxylic acids is 1. The first kappa shape index (κ1) is 25.6. The van der Waals surface area contributed by atoms with Crippen molar-refractivity contribution in [1.29, 1.82) is 0 Å². The van der Waals surface area contributed by atoms with E-state index in [0.717, 1.165) is 44.9 Å². The summed E-state index contributed by atoms with van der Waals surface area (Å²) >= 11 is 3.59.